The van der Waals surface area contributed by atoms with Gasteiger partial charge in [0, 0.05) is 19.6 Å². The van der Waals surface area contributed by atoms with Gasteiger partial charge in [0.05, 0.1) is 0 Å². The molecule has 7 heteroatoms. The minimum Gasteiger partial charge on any atom is -0.331 e. The number of benzene rings is 1. The van der Waals surface area contributed by atoms with E-state index in [1.165, 1.54) is 11.9 Å². The number of alkyl halides is 2. The van der Waals surface area contributed by atoms with Gasteiger partial charge < -0.3 is 4.90 Å². The lowest BCUT2D eigenvalue weighted by molar-refractivity contribution is 0.0747. The van der Waals surface area contributed by atoms with Crippen LogP contribution in [-0.2, 0) is 7.05 Å². The van der Waals surface area contributed by atoms with Crippen molar-refractivity contribution in [3.8, 4) is 0 Å². The van der Waals surface area contributed by atoms with Gasteiger partial charge >= 0.3 is 0 Å². The molecule has 0 saturated heterocycles. The van der Waals surface area contributed by atoms with Gasteiger partial charge in [-0.3, -0.25) is 4.79 Å². The summed E-state index contributed by atoms with van der Waals surface area (Å²) in [6, 6.07) is 6.01. The molecule has 1 saturated carbocycles. The first kappa shape index (κ1) is 21.1. The first-order valence-corrected chi connectivity index (χ1v) is 9.72. The number of carbonyl (C=O) groups is 1. The van der Waals surface area contributed by atoms with Crippen molar-refractivity contribution in [1.29, 1.82) is 0 Å². The molecule has 1 aliphatic rings. The average molecular weight is 405 g/mol. The summed E-state index contributed by atoms with van der Waals surface area (Å²) < 4.78 is 41.8. The third kappa shape index (κ3) is 4.23. The normalized spacial score (nSPS) is 14.0. The molecule has 1 aromatic carbocycles. The first-order valence-electron chi connectivity index (χ1n) is 9.72. The molecule has 1 aliphatic carbocycles. The Kier molecular flexibility index (Phi) is 5.87. The summed E-state index contributed by atoms with van der Waals surface area (Å²) in [7, 11) is 1.21. The molecule has 0 spiro atoms. The van der Waals surface area contributed by atoms with Crippen molar-refractivity contribution < 1.29 is 18.0 Å². The van der Waals surface area contributed by atoms with E-state index in [-0.39, 0.29) is 12.6 Å². The zero-order chi connectivity index (χ0) is 21.5. The molecule has 3 rings (SSSR count). The van der Waals surface area contributed by atoms with Crippen molar-refractivity contribution in [1.82, 2.24) is 14.7 Å². The summed E-state index contributed by atoms with van der Waals surface area (Å²) >= 11 is 0. The van der Waals surface area contributed by atoms with E-state index >= 15 is 0 Å². The van der Waals surface area contributed by atoms with Gasteiger partial charge in [-0.15, -0.1) is 0 Å². The molecular formula is C22H26F3N3O. The molecule has 0 aliphatic heterocycles. The van der Waals surface area contributed by atoms with Crippen LogP contribution in [-0.4, -0.2) is 33.2 Å². The molecule has 2 aromatic rings. The summed E-state index contributed by atoms with van der Waals surface area (Å²) in [6.07, 6.45) is -1.51. The summed E-state index contributed by atoms with van der Waals surface area (Å²) in [4.78, 5) is 14.5. The lowest BCUT2D eigenvalue weighted by atomic mass is 9.94. The van der Waals surface area contributed by atoms with Crippen molar-refractivity contribution >= 4 is 11.5 Å². The third-order valence-corrected chi connectivity index (χ3v) is 5.34. The number of amides is 1. The lowest BCUT2D eigenvalue weighted by Crippen LogP contribution is -2.35. The molecule has 29 heavy (non-hydrogen) atoms. The molecule has 0 radical (unpaired) electrons. The fourth-order valence-corrected chi connectivity index (χ4v) is 3.44. The molecular weight excluding hydrogens is 379 g/mol. The highest BCUT2D eigenvalue weighted by molar-refractivity contribution is 5.96. The van der Waals surface area contributed by atoms with E-state index in [1.807, 2.05) is 19.1 Å². The maximum absolute atomic E-state index is 14.4. The van der Waals surface area contributed by atoms with Gasteiger partial charge in [0.1, 0.15) is 11.3 Å². The van der Waals surface area contributed by atoms with Crippen LogP contribution in [0.25, 0.3) is 5.57 Å². The minimum atomic E-state index is -3.03. The van der Waals surface area contributed by atoms with Gasteiger partial charge in [-0.2, -0.15) is 9.49 Å². The Labute approximate surface area is 169 Å². The van der Waals surface area contributed by atoms with Crippen LogP contribution in [0, 0.1) is 12.9 Å². The highest BCUT2D eigenvalue weighted by Gasteiger charge is 2.38. The van der Waals surface area contributed by atoms with Crippen LogP contribution in [0.3, 0.4) is 0 Å². The van der Waals surface area contributed by atoms with Gasteiger partial charge in [-0.1, -0.05) is 38.6 Å². The predicted molar refractivity (Wildman–Crippen MR) is 106 cm³/mol. The highest BCUT2D eigenvalue weighted by atomic mass is 19.3. The number of rotatable bonds is 7. The van der Waals surface area contributed by atoms with E-state index < -0.39 is 29.5 Å². The van der Waals surface area contributed by atoms with E-state index in [4.69, 9.17) is 0 Å². The molecule has 1 amide bonds. The highest BCUT2D eigenvalue weighted by Crippen LogP contribution is 2.34. The third-order valence-electron chi connectivity index (χ3n) is 5.34. The zero-order valence-electron chi connectivity index (χ0n) is 17.2. The molecule has 1 aromatic heterocycles. The fraction of sp³-hybridized carbons (Fsp3) is 0.455. The fourth-order valence-electron chi connectivity index (χ4n) is 3.44. The molecule has 0 unspecified atom stereocenters. The predicted octanol–water partition coefficient (Wildman–Crippen LogP) is 5.25. The quantitative estimate of drug-likeness (QED) is 0.631. The van der Waals surface area contributed by atoms with Crippen molar-refractivity contribution in [2.24, 2.45) is 7.05 Å². The van der Waals surface area contributed by atoms with Gasteiger partial charge in [-0.25, -0.2) is 13.5 Å². The number of aromatic nitrogens is 2. The smallest absolute Gasteiger partial charge is 0.283 e. The topological polar surface area (TPSA) is 38.1 Å². The van der Waals surface area contributed by atoms with E-state index in [2.05, 4.69) is 31.6 Å². The van der Waals surface area contributed by atoms with Crippen molar-refractivity contribution in [3.05, 3.63) is 58.7 Å². The van der Waals surface area contributed by atoms with Crippen LogP contribution in [0.1, 0.15) is 71.8 Å². The summed E-state index contributed by atoms with van der Waals surface area (Å²) in [5, 5.41) is 3.50. The maximum atomic E-state index is 14.4. The number of hydrogen-bond acceptors (Lipinski definition) is 2. The second kappa shape index (κ2) is 8.05. The van der Waals surface area contributed by atoms with Gasteiger partial charge in [-0.05, 0) is 47.9 Å². The average Bonchev–Trinajstić information content (AvgIpc) is 3.45. The lowest BCUT2D eigenvalue weighted by Gasteiger charge is -2.25. The van der Waals surface area contributed by atoms with E-state index in [1.54, 1.807) is 0 Å². The number of hydrogen-bond donors (Lipinski definition) is 0. The Morgan fingerprint density at radius 2 is 2.00 bits per heavy atom. The second-order valence-electron chi connectivity index (χ2n) is 7.97. The largest absolute Gasteiger partial charge is 0.331 e. The molecule has 0 bridgehead atoms. The number of halogens is 3. The maximum Gasteiger partial charge on any atom is 0.283 e. The summed E-state index contributed by atoms with van der Waals surface area (Å²) in [5.74, 6) is -1.46. The van der Waals surface area contributed by atoms with E-state index in [0.717, 1.165) is 29.5 Å². The molecule has 4 nitrogen and oxygen atoms in total. The Morgan fingerprint density at radius 3 is 2.55 bits per heavy atom. The molecule has 0 N–H and O–H groups in total. The van der Waals surface area contributed by atoms with Gasteiger partial charge in [0.15, 0.2) is 0 Å². The number of nitrogens with zero attached hydrogens (tertiary/aromatic N) is 3. The van der Waals surface area contributed by atoms with Gasteiger partial charge in [0.25, 0.3) is 12.3 Å². The molecule has 1 fully saturated rings. The Hall–Kier alpha value is -2.57. The van der Waals surface area contributed by atoms with Crippen LogP contribution < -0.4 is 0 Å². The molecule has 0 atom stereocenters. The Morgan fingerprint density at radius 1 is 1.34 bits per heavy atom. The Balaban J connectivity index is 1.92. The minimum absolute atomic E-state index is 0.0991. The van der Waals surface area contributed by atoms with E-state index in [9.17, 15) is 18.0 Å². The number of aryl methyl sites for hydroxylation is 2. The summed E-state index contributed by atoms with van der Waals surface area (Å²) in [6.45, 7) is 10.4. The Bertz CT molecular complexity index is 945. The number of carbonyl (C=O) groups excluding carboxylic acids is 1. The van der Waals surface area contributed by atoms with Crippen molar-refractivity contribution in [3.63, 3.8) is 0 Å². The van der Waals surface area contributed by atoms with Crippen LogP contribution in [0.2, 0.25) is 0 Å². The van der Waals surface area contributed by atoms with Crippen molar-refractivity contribution in [2.75, 3.05) is 6.54 Å². The molecule has 1 heterocycles. The van der Waals surface area contributed by atoms with Crippen LogP contribution >= 0.6 is 0 Å². The van der Waals surface area contributed by atoms with Crippen molar-refractivity contribution in [2.45, 2.75) is 52.0 Å². The molecule has 156 valence electrons. The van der Waals surface area contributed by atoms with Crippen LogP contribution in [0.15, 0.2) is 24.8 Å². The zero-order valence-corrected chi connectivity index (χ0v) is 17.2. The van der Waals surface area contributed by atoms with Crippen LogP contribution in [0.4, 0.5) is 13.2 Å². The first-order chi connectivity index (χ1) is 13.6. The monoisotopic (exact) mass is 405 g/mol. The standard InChI is InChI=1S/C22H26F3N3O/c1-12(2)15-7-6-13(3)17(10-15)14(4)11-28(16-8-9-16)22(29)18-19(20(23)24)26-27(5)21(18)25/h6-7,10,12,16,20H,4,8-9,11H2,1-3,5H3. The van der Waals surface area contributed by atoms with Gasteiger partial charge in [0.2, 0.25) is 5.95 Å². The SMILES string of the molecule is C=C(CN(C(=O)c1c(C(F)F)nn(C)c1F)C1CC1)c1cc(C(C)C)ccc1C. The van der Waals surface area contributed by atoms with Crippen LogP contribution in [0.5, 0.6) is 0 Å². The van der Waals surface area contributed by atoms with E-state index in [0.29, 0.717) is 16.2 Å². The second-order valence-corrected chi connectivity index (χ2v) is 7.97. The summed E-state index contributed by atoms with van der Waals surface area (Å²) in [5.41, 5.74) is 2.33.